The fraction of sp³-hybridized carbons (Fsp3) is 0.615. The molecule has 1 aromatic rings. The Morgan fingerprint density at radius 1 is 1.44 bits per heavy atom. The topological polar surface area (TPSA) is 42.2 Å². The SMILES string of the molecule is Cc1cc(C(=O)O)c(C)n1C1CCCC1C. The van der Waals surface area contributed by atoms with Gasteiger partial charge in [-0.3, -0.25) is 0 Å². The number of carboxylic acids is 1. The molecule has 16 heavy (non-hydrogen) atoms. The van der Waals surface area contributed by atoms with Gasteiger partial charge < -0.3 is 9.67 Å². The highest BCUT2D eigenvalue weighted by atomic mass is 16.4. The number of aromatic carboxylic acids is 1. The van der Waals surface area contributed by atoms with Crippen molar-refractivity contribution in [3.63, 3.8) is 0 Å². The Morgan fingerprint density at radius 3 is 2.56 bits per heavy atom. The van der Waals surface area contributed by atoms with Crippen LogP contribution >= 0.6 is 0 Å². The average molecular weight is 221 g/mol. The Labute approximate surface area is 96.1 Å². The van der Waals surface area contributed by atoms with Gasteiger partial charge in [-0.15, -0.1) is 0 Å². The van der Waals surface area contributed by atoms with Crippen LogP contribution in [0.4, 0.5) is 0 Å². The lowest BCUT2D eigenvalue weighted by atomic mass is 10.1. The summed E-state index contributed by atoms with van der Waals surface area (Å²) in [6.45, 7) is 6.18. The van der Waals surface area contributed by atoms with Gasteiger partial charge in [0.25, 0.3) is 0 Å². The van der Waals surface area contributed by atoms with Gasteiger partial charge in [0, 0.05) is 17.4 Å². The Balaban J connectivity index is 2.44. The zero-order chi connectivity index (χ0) is 11.9. The van der Waals surface area contributed by atoms with Crippen molar-refractivity contribution in [2.24, 2.45) is 5.92 Å². The Kier molecular flexibility index (Phi) is 2.78. The van der Waals surface area contributed by atoms with Gasteiger partial charge in [-0.1, -0.05) is 13.3 Å². The molecule has 0 spiro atoms. The third kappa shape index (κ3) is 1.64. The third-order valence-corrected chi connectivity index (χ3v) is 3.86. The van der Waals surface area contributed by atoms with E-state index in [0.717, 1.165) is 11.4 Å². The maximum atomic E-state index is 11.1. The minimum atomic E-state index is -0.815. The van der Waals surface area contributed by atoms with Crippen LogP contribution in [0.15, 0.2) is 6.07 Å². The van der Waals surface area contributed by atoms with Crippen LogP contribution in [0, 0.1) is 19.8 Å². The van der Waals surface area contributed by atoms with E-state index in [-0.39, 0.29) is 0 Å². The molecule has 0 aliphatic heterocycles. The van der Waals surface area contributed by atoms with Crippen molar-refractivity contribution in [2.75, 3.05) is 0 Å². The fourth-order valence-corrected chi connectivity index (χ4v) is 3.01. The number of aromatic nitrogens is 1. The van der Waals surface area contributed by atoms with Gasteiger partial charge in [-0.05, 0) is 38.7 Å². The van der Waals surface area contributed by atoms with Crippen molar-refractivity contribution >= 4 is 5.97 Å². The van der Waals surface area contributed by atoms with Gasteiger partial charge in [-0.2, -0.15) is 0 Å². The summed E-state index contributed by atoms with van der Waals surface area (Å²) in [6.07, 6.45) is 3.69. The molecular weight excluding hydrogens is 202 g/mol. The van der Waals surface area contributed by atoms with Crippen LogP contribution in [0.1, 0.15) is 54.0 Å². The Morgan fingerprint density at radius 2 is 2.12 bits per heavy atom. The predicted molar refractivity (Wildman–Crippen MR) is 62.9 cm³/mol. The first-order valence-electron chi connectivity index (χ1n) is 5.94. The summed E-state index contributed by atoms with van der Waals surface area (Å²) in [7, 11) is 0. The summed E-state index contributed by atoms with van der Waals surface area (Å²) in [5.74, 6) is -0.156. The van der Waals surface area contributed by atoms with Crippen LogP contribution in [-0.2, 0) is 0 Å². The molecule has 2 unspecified atom stereocenters. The molecule has 1 aliphatic rings. The minimum Gasteiger partial charge on any atom is -0.478 e. The largest absolute Gasteiger partial charge is 0.478 e. The molecular formula is C13H19NO2. The van der Waals surface area contributed by atoms with Crippen LogP contribution in [-0.4, -0.2) is 15.6 Å². The van der Waals surface area contributed by atoms with Crippen LogP contribution in [0.3, 0.4) is 0 Å². The van der Waals surface area contributed by atoms with E-state index in [4.69, 9.17) is 5.11 Å². The minimum absolute atomic E-state index is 0.455. The van der Waals surface area contributed by atoms with Crippen molar-refractivity contribution in [1.82, 2.24) is 4.57 Å². The third-order valence-electron chi connectivity index (χ3n) is 3.86. The Hall–Kier alpha value is -1.25. The fourth-order valence-electron chi connectivity index (χ4n) is 3.01. The van der Waals surface area contributed by atoms with E-state index in [1.165, 1.54) is 19.3 Å². The van der Waals surface area contributed by atoms with Crippen molar-refractivity contribution in [3.05, 3.63) is 23.0 Å². The summed E-state index contributed by atoms with van der Waals surface area (Å²) in [5, 5.41) is 9.10. The zero-order valence-electron chi connectivity index (χ0n) is 10.2. The lowest BCUT2D eigenvalue weighted by molar-refractivity contribution is 0.0696. The van der Waals surface area contributed by atoms with Gasteiger partial charge >= 0.3 is 5.97 Å². The lowest BCUT2D eigenvalue weighted by Gasteiger charge is -2.21. The average Bonchev–Trinajstić information content (AvgIpc) is 2.71. The molecule has 1 aromatic heterocycles. The van der Waals surface area contributed by atoms with E-state index in [1.807, 2.05) is 13.8 Å². The van der Waals surface area contributed by atoms with Crippen molar-refractivity contribution in [3.8, 4) is 0 Å². The van der Waals surface area contributed by atoms with E-state index >= 15 is 0 Å². The number of carboxylic acid groups (broad SMARTS) is 1. The van der Waals surface area contributed by atoms with E-state index in [9.17, 15) is 4.79 Å². The van der Waals surface area contributed by atoms with Crippen LogP contribution in [0.25, 0.3) is 0 Å². The smallest absolute Gasteiger partial charge is 0.337 e. The molecule has 2 rings (SSSR count). The molecule has 3 heteroatoms. The molecule has 0 aromatic carbocycles. The lowest BCUT2D eigenvalue weighted by Crippen LogP contribution is -2.15. The van der Waals surface area contributed by atoms with Gasteiger partial charge in [-0.25, -0.2) is 4.79 Å². The van der Waals surface area contributed by atoms with Crippen molar-refractivity contribution < 1.29 is 9.90 Å². The number of hydrogen-bond acceptors (Lipinski definition) is 1. The monoisotopic (exact) mass is 221 g/mol. The molecule has 0 bridgehead atoms. The second kappa shape index (κ2) is 3.96. The summed E-state index contributed by atoms with van der Waals surface area (Å²) in [4.78, 5) is 11.1. The summed E-state index contributed by atoms with van der Waals surface area (Å²) in [5.41, 5.74) is 2.44. The molecule has 2 atom stereocenters. The predicted octanol–water partition coefficient (Wildman–Crippen LogP) is 3.16. The maximum Gasteiger partial charge on any atom is 0.337 e. The molecule has 1 fully saturated rings. The number of aryl methyl sites for hydroxylation is 1. The normalized spacial score (nSPS) is 24.9. The van der Waals surface area contributed by atoms with E-state index in [2.05, 4.69) is 11.5 Å². The van der Waals surface area contributed by atoms with Crippen LogP contribution in [0.5, 0.6) is 0 Å². The quantitative estimate of drug-likeness (QED) is 0.833. The molecule has 88 valence electrons. The summed E-state index contributed by atoms with van der Waals surface area (Å²) >= 11 is 0. The van der Waals surface area contributed by atoms with E-state index in [0.29, 0.717) is 17.5 Å². The van der Waals surface area contributed by atoms with Gasteiger partial charge in [0.15, 0.2) is 0 Å². The molecule has 0 radical (unpaired) electrons. The molecule has 0 saturated heterocycles. The molecule has 0 amide bonds. The van der Waals surface area contributed by atoms with Crippen LogP contribution < -0.4 is 0 Å². The summed E-state index contributed by atoms with van der Waals surface area (Å²) in [6, 6.07) is 2.29. The second-order valence-corrected chi connectivity index (χ2v) is 4.94. The van der Waals surface area contributed by atoms with Crippen LogP contribution in [0.2, 0.25) is 0 Å². The highest BCUT2D eigenvalue weighted by Crippen LogP contribution is 2.37. The first-order chi connectivity index (χ1) is 7.52. The molecule has 1 saturated carbocycles. The second-order valence-electron chi connectivity index (χ2n) is 4.94. The van der Waals surface area contributed by atoms with Gasteiger partial charge in [0.2, 0.25) is 0 Å². The number of carbonyl (C=O) groups is 1. The Bertz CT molecular complexity index is 420. The van der Waals surface area contributed by atoms with E-state index < -0.39 is 5.97 Å². The van der Waals surface area contributed by atoms with Gasteiger partial charge in [0.1, 0.15) is 0 Å². The van der Waals surface area contributed by atoms with E-state index in [1.54, 1.807) is 6.07 Å². The molecule has 1 heterocycles. The highest BCUT2D eigenvalue weighted by Gasteiger charge is 2.28. The van der Waals surface area contributed by atoms with Crippen molar-refractivity contribution in [1.29, 1.82) is 0 Å². The molecule has 1 aliphatic carbocycles. The van der Waals surface area contributed by atoms with Gasteiger partial charge in [0.05, 0.1) is 5.56 Å². The highest BCUT2D eigenvalue weighted by molar-refractivity contribution is 5.89. The van der Waals surface area contributed by atoms with Crippen molar-refractivity contribution in [2.45, 2.75) is 46.1 Å². The maximum absolute atomic E-state index is 11.1. The number of rotatable bonds is 2. The number of nitrogens with zero attached hydrogens (tertiary/aromatic N) is 1. The summed E-state index contributed by atoms with van der Waals surface area (Å²) < 4.78 is 2.22. The molecule has 1 N–H and O–H groups in total. The zero-order valence-corrected chi connectivity index (χ0v) is 10.2. The first-order valence-corrected chi connectivity index (χ1v) is 5.94. The molecule has 3 nitrogen and oxygen atoms in total. The number of hydrogen-bond donors (Lipinski definition) is 1. The standard InChI is InChI=1S/C13H19NO2/c1-8-5-4-6-12(8)14-9(2)7-11(10(14)3)13(15)16/h7-8,12H,4-6H2,1-3H3,(H,15,16). The first kappa shape index (κ1) is 11.2.